The van der Waals surface area contributed by atoms with E-state index in [1.165, 1.54) is 6.07 Å². The Morgan fingerprint density at radius 3 is 2.61 bits per heavy atom. The molecule has 0 saturated carbocycles. The van der Waals surface area contributed by atoms with Crippen molar-refractivity contribution in [2.45, 2.75) is 31.7 Å². The second-order valence-corrected chi connectivity index (χ2v) is 7.65. The molecule has 180 valence electrons. The molecule has 1 aromatic carbocycles. The first-order valence-electron chi connectivity index (χ1n) is 10.1. The lowest BCUT2D eigenvalue weighted by molar-refractivity contribution is -0.137. The highest BCUT2D eigenvalue weighted by molar-refractivity contribution is 14.0. The van der Waals surface area contributed by atoms with Crippen LogP contribution >= 0.6 is 24.0 Å². The molecule has 2 aromatic heterocycles. The molecule has 0 aliphatic carbocycles. The predicted octanol–water partition coefficient (Wildman–Crippen LogP) is 3.84. The molecule has 2 heterocycles. The highest BCUT2D eigenvalue weighted by Gasteiger charge is 2.30. The molecule has 0 bridgehead atoms. The lowest BCUT2D eigenvalue weighted by Crippen LogP contribution is -2.45. The fourth-order valence-electron chi connectivity index (χ4n) is 3.01. The molecule has 3 rings (SSSR count). The molecule has 33 heavy (non-hydrogen) atoms. The topological polar surface area (TPSA) is 87.6 Å². The zero-order chi connectivity index (χ0) is 23.2. The maximum absolute atomic E-state index is 13.0. The summed E-state index contributed by atoms with van der Waals surface area (Å²) in [5.41, 5.74) is -0.898. The first-order valence-corrected chi connectivity index (χ1v) is 10.1. The summed E-state index contributed by atoms with van der Waals surface area (Å²) < 4.78 is 45.8. The van der Waals surface area contributed by atoms with Crippen molar-refractivity contribution in [3.05, 3.63) is 77.5 Å². The van der Waals surface area contributed by atoms with Gasteiger partial charge in [0, 0.05) is 31.8 Å². The molecule has 0 saturated heterocycles. The largest absolute Gasteiger partial charge is 0.469 e. The predicted molar refractivity (Wildman–Crippen MR) is 129 cm³/mol. The number of aliphatic hydroxyl groups is 1. The zero-order valence-corrected chi connectivity index (χ0v) is 20.6. The Bertz CT molecular complexity index is 1030. The lowest BCUT2D eigenvalue weighted by atomic mass is 10.00. The number of nitrogens with zero attached hydrogens (tertiary/aromatic N) is 3. The van der Waals surface area contributed by atoms with Crippen molar-refractivity contribution in [2.24, 2.45) is 12.0 Å². The summed E-state index contributed by atoms with van der Waals surface area (Å²) in [6.45, 7) is 2.28. The Morgan fingerprint density at radius 2 is 1.97 bits per heavy atom. The van der Waals surface area contributed by atoms with E-state index in [-0.39, 0.29) is 37.1 Å². The standard InChI is InChI=1S/C22H26F3N5O2.HI/c1-21(31,18-13-29-30(2)14-18)15-28-20(26-9-8-19-7-4-10-32-19)27-12-16-5-3-6-17(11-16)22(23,24)25;/h3-7,10-11,13-14,31H,8-9,12,15H2,1-2H3,(H2,26,27,28);1H. The summed E-state index contributed by atoms with van der Waals surface area (Å²) in [5, 5.41) is 21.1. The van der Waals surface area contributed by atoms with Crippen molar-refractivity contribution in [3.63, 3.8) is 0 Å². The van der Waals surface area contributed by atoms with E-state index in [9.17, 15) is 18.3 Å². The normalized spacial score (nSPS) is 13.8. The Kier molecular flexibility index (Phi) is 9.35. The number of aliphatic imine (C=N–C) groups is 1. The molecule has 11 heteroatoms. The summed E-state index contributed by atoms with van der Waals surface area (Å²) >= 11 is 0. The van der Waals surface area contributed by atoms with Crippen LogP contribution in [0.4, 0.5) is 13.2 Å². The van der Waals surface area contributed by atoms with Crippen LogP contribution in [-0.2, 0) is 31.8 Å². The fraction of sp³-hybridized carbons (Fsp3) is 0.364. The molecule has 1 atom stereocenters. The van der Waals surface area contributed by atoms with Gasteiger partial charge in [0.15, 0.2) is 5.96 Å². The van der Waals surface area contributed by atoms with Crippen molar-refractivity contribution < 1.29 is 22.7 Å². The van der Waals surface area contributed by atoms with Gasteiger partial charge in [-0.05, 0) is 36.8 Å². The van der Waals surface area contributed by atoms with E-state index in [1.54, 1.807) is 49.4 Å². The van der Waals surface area contributed by atoms with Gasteiger partial charge in [0.25, 0.3) is 0 Å². The summed E-state index contributed by atoms with van der Waals surface area (Å²) in [4.78, 5) is 4.40. The SMILES string of the molecule is Cn1cc(C(C)(O)CNC(=NCc2cccc(C(F)(F)F)c2)NCCc2ccco2)cn1.I. The zero-order valence-electron chi connectivity index (χ0n) is 18.3. The van der Waals surface area contributed by atoms with Crippen LogP contribution < -0.4 is 10.6 Å². The van der Waals surface area contributed by atoms with Crippen LogP contribution in [0.25, 0.3) is 0 Å². The third-order valence-corrected chi connectivity index (χ3v) is 4.84. The van der Waals surface area contributed by atoms with Gasteiger partial charge in [0.05, 0.1) is 31.1 Å². The molecule has 3 aromatic rings. The highest BCUT2D eigenvalue weighted by Crippen LogP contribution is 2.29. The Balaban J connectivity index is 0.00000385. The van der Waals surface area contributed by atoms with Crippen molar-refractivity contribution in [3.8, 4) is 0 Å². The number of furan rings is 1. The van der Waals surface area contributed by atoms with E-state index in [4.69, 9.17) is 4.42 Å². The molecule has 1 unspecified atom stereocenters. The minimum Gasteiger partial charge on any atom is -0.469 e. The molecule has 0 aliphatic rings. The number of aryl methyl sites for hydroxylation is 1. The lowest BCUT2D eigenvalue weighted by Gasteiger charge is -2.24. The number of nitrogens with one attached hydrogen (secondary N) is 2. The average Bonchev–Trinajstić information content (AvgIpc) is 3.41. The number of rotatable bonds is 8. The van der Waals surface area contributed by atoms with Crippen LogP contribution in [-0.4, -0.2) is 33.9 Å². The third kappa shape index (κ3) is 8.07. The third-order valence-electron chi connectivity index (χ3n) is 4.84. The molecule has 0 radical (unpaired) electrons. The number of hydrogen-bond acceptors (Lipinski definition) is 4. The first kappa shape index (κ1) is 26.7. The quantitative estimate of drug-likeness (QED) is 0.215. The van der Waals surface area contributed by atoms with Crippen molar-refractivity contribution in [2.75, 3.05) is 13.1 Å². The summed E-state index contributed by atoms with van der Waals surface area (Å²) in [7, 11) is 1.76. The van der Waals surface area contributed by atoms with Crippen molar-refractivity contribution in [1.29, 1.82) is 0 Å². The van der Waals surface area contributed by atoms with E-state index in [1.807, 2.05) is 6.07 Å². The number of halogens is 4. The van der Waals surface area contributed by atoms with Crippen LogP contribution in [0.1, 0.15) is 29.4 Å². The van der Waals surface area contributed by atoms with E-state index >= 15 is 0 Å². The smallest absolute Gasteiger partial charge is 0.416 e. The van der Waals surface area contributed by atoms with E-state index in [2.05, 4.69) is 20.7 Å². The van der Waals surface area contributed by atoms with Crippen LogP contribution in [0, 0.1) is 0 Å². The molecule has 0 aliphatic heterocycles. The number of hydrogen-bond donors (Lipinski definition) is 3. The van der Waals surface area contributed by atoms with Crippen LogP contribution in [0.5, 0.6) is 0 Å². The van der Waals surface area contributed by atoms with Crippen molar-refractivity contribution >= 4 is 29.9 Å². The van der Waals surface area contributed by atoms with Gasteiger partial charge in [-0.1, -0.05) is 12.1 Å². The Hall–Kier alpha value is -2.54. The minimum absolute atomic E-state index is 0. The molecule has 0 amide bonds. The first-order chi connectivity index (χ1) is 15.1. The number of alkyl halides is 3. The van der Waals surface area contributed by atoms with Gasteiger partial charge in [-0.2, -0.15) is 18.3 Å². The fourth-order valence-corrected chi connectivity index (χ4v) is 3.01. The number of guanidine groups is 1. The summed E-state index contributed by atoms with van der Waals surface area (Å²) in [6, 6.07) is 8.70. The van der Waals surface area contributed by atoms with Gasteiger partial charge in [0.1, 0.15) is 11.4 Å². The van der Waals surface area contributed by atoms with Gasteiger partial charge >= 0.3 is 6.18 Å². The van der Waals surface area contributed by atoms with Gasteiger partial charge in [0.2, 0.25) is 0 Å². The second-order valence-electron chi connectivity index (χ2n) is 7.65. The Labute approximate surface area is 207 Å². The number of benzene rings is 1. The Morgan fingerprint density at radius 1 is 1.18 bits per heavy atom. The van der Waals surface area contributed by atoms with Gasteiger partial charge < -0.3 is 20.2 Å². The number of aromatic nitrogens is 2. The maximum Gasteiger partial charge on any atom is 0.416 e. The maximum atomic E-state index is 13.0. The minimum atomic E-state index is -4.41. The molecule has 0 spiro atoms. The van der Waals surface area contributed by atoms with Crippen LogP contribution in [0.3, 0.4) is 0 Å². The monoisotopic (exact) mass is 577 g/mol. The molecular formula is C22H27F3IN5O2. The van der Waals surface area contributed by atoms with E-state index in [0.717, 1.165) is 17.9 Å². The molecule has 0 fully saturated rings. The van der Waals surface area contributed by atoms with Crippen LogP contribution in [0.15, 0.2) is 64.5 Å². The molecular weight excluding hydrogens is 550 g/mol. The van der Waals surface area contributed by atoms with Gasteiger partial charge in [-0.25, -0.2) is 4.99 Å². The van der Waals surface area contributed by atoms with Crippen LogP contribution in [0.2, 0.25) is 0 Å². The average molecular weight is 577 g/mol. The summed E-state index contributed by atoms with van der Waals surface area (Å²) in [5.74, 6) is 1.15. The molecule has 7 nitrogen and oxygen atoms in total. The van der Waals surface area contributed by atoms with Gasteiger partial charge in [-0.3, -0.25) is 4.68 Å². The second kappa shape index (κ2) is 11.5. The van der Waals surface area contributed by atoms with Crippen molar-refractivity contribution in [1.82, 2.24) is 20.4 Å². The highest BCUT2D eigenvalue weighted by atomic mass is 127. The summed E-state index contributed by atoms with van der Waals surface area (Å²) in [6.07, 6.45) is 1.05. The molecule has 3 N–H and O–H groups in total. The van der Waals surface area contributed by atoms with E-state index < -0.39 is 17.3 Å². The van der Waals surface area contributed by atoms with E-state index in [0.29, 0.717) is 30.1 Å². The van der Waals surface area contributed by atoms with Gasteiger partial charge in [-0.15, -0.1) is 24.0 Å².